The fourth-order valence-electron chi connectivity index (χ4n) is 1.85. The molecule has 0 bridgehead atoms. The number of nitrogens with one attached hydrogen (secondary N) is 2. The van der Waals surface area contributed by atoms with E-state index in [9.17, 15) is 10.1 Å². The first-order valence-electron chi connectivity index (χ1n) is 6.80. The highest BCUT2D eigenvalue weighted by atomic mass is 35.5. The second kappa shape index (κ2) is 8.07. The third kappa shape index (κ3) is 4.42. The lowest BCUT2D eigenvalue weighted by molar-refractivity contribution is -0.112. The third-order valence-electron chi connectivity index (χ3n) is 3.14. The first kappa shape index (κ1) is 18.2. The van der Waals surface area contributed by atoms with E-state index in [0.717, 1.165) is 5.56 Å². The van der Waals surface area contributed by atoms with Crippen molar-refractivity contribution in [3.05, 3.63) is 68.8 Å². The van der Waals surface area contributed by atoms with Crippen LogP contribution in [-0.4, -0.2) is 5.91 Å². The van der Waals surface area contributed by atoms with Crippen LogP contribution in [0.4, 0.5) is 11.4 Å². The normalized spacial score (nSPS) is 10.9. The average molecular weight is 381 g/mol. The van der Waals surface area contributed by atoms with Crippen LogP contribution in [0.5, 0.6) is 0 Å². The van der Waals surface area contributed by atoms with Crippen molar-refractivity contribution in [3.63, 3.8) is 0 Å². The molecule has 1 amide bonds. The van der Waals surface area contributed by atoms with Gasteiger partial charge < -0.3 is 10.6 Å². The molecule has 0 heterocycles. The molecule has 122 valence electrons. The smallest absolute Gasteiger partial charge is 0.267 e. The summed E-state index contributed by atoms with van der Waals surface area (Å²) in [7, 11) is 0. The third-order valence-corrected chi connectivity index (χ3v) is 4.00. The van der Waals surface area contributed by atoms with Crippen molar-refractivity contribution in [1.82, 2.24) is 0 Å². The Kier molecular flexibility index (Phi) is 6.10. The maximum atomic E-state index is 12.2. The molecule has 0 spiro atoms. The number of amides is 1. The lowest BCUT2D eigenvalue weighted by atomic mass is 10.2. The minimum atomic E-state index is -0.571. The van der Waals surface area contributed by atoms with E-state index in [4.69, 9.17) is 34.8 Å². The molecule has 2 N–H and O–H groups in total. The quantitative estimate of drug-likeness (QED) is 0.550. The minimum Gasteiger partial charge on any atom is -0.358 e. The van der Waals surface area contributed by atoms with Gasteiger partial charge in [-0.25, -0.2) is 0 Å². The number of hydrogen-bond acceptors (Lipinski definition) is 3. The first-order chi connectivity index (χ1) is 11.4. The van der Waals surface area contributed by atoms with Gasteiger partial charge in [0.25, 0.3) is 5.91 Å². The van der Waals surface area contributed by atoms with Gasteiger partial charge >= 0.3 is 0 Å². The first-order valence-corrected chi connectivity index (χ1v) is 7.94. The monoisotopic (exact) mass is 379 g/mol. The molecule has 0 fully saturated rings. The molecule has 0 saturated carbocycles. The van der Waals surface area contributed by atoms with Crippen molar-refractivity contribution in [3.8, 4) is 6.07 Å². The Morgan fingerprint density at radius 2 is 1.83 bits per heavy atom. The SMILES string of the molecule is Cc1ccc(Cl)cc1NC(=O)/C(C#N)=C\Nc1c(Cl)cccc1Cl. The maximum absolute atomic E-state index is 12.2. The van der Waals surface area contributed by atoms with Gasteiger partial charge in [-0.05, 0) is 36.8 Å². The molecular formula is C17H12Cl3N3O. The van der Waals surface area contributed by atoms with E-state index < -0.39 is 5.91 Å². The molecule has 0 atom stereocenters. The van der Waals surface area contributed by atoms with E-state index in [1.54, 1.807) is 36.4 Å². The molecule has 0 aliphatic carbocycles. The number of rotatable bonds is 4. The number of para-hydroxylation sites is 1. The molecule has 4 nitrogen and oxygen atoms in total. The van der Waals surface area contributed by atoms with Gasteiger partial charge in [-0.3, -0.25) is 4.79 Å². The Morgan fingerprint density at radius 3 is 2.46 bits per heavy atom. The highest BCUT2D eigenvalue weighted by molar-refractivity contribution is 6.39. The summed E-state index contributed by atoms with van der Waals surface area (Å²) >= 11 is 18.0. The number of hydrogen-bond donors (Lipinski definition) is 2. The van der Waals surface area contributed by atoms with Crippen molar-refractivity contribution in [2.45, 2.75) is 6.92 Å². The van der Waals surface area contributed by atoms with E-state index in [2.05, 4.69) is 10.6 Å². The number of carbonyl (C=O) groups is 1. The van der Waals surface area contributed by atoms with Gasteiger partial charge in [-0.2, -0.15) is 5.26 Å². The number of benzene rings is 2. The van der Waals surface area contributed by atoms with Crippen molar-refractivity contribution >= 4 is 52.1 Å². The van der Waals surface area contributed by atoms with Crippen LogP contribution in [0.3, 0.4) is 0 Å². The van der Waals surface area contributed by atoms with E-state index >= 15 is 0 Å². The Labute approximate surface area is 154 Å². The maximum Gasteiger partial charge on any atom is 0.267 e. The van der Waals surface area contributed by atoms with Crippen LogP contribution >= 0.6 is 34.8 Å². The summed E-state index contributed by atoms with van der Waals surface area (Å²) in [6.45, 7) is 1.82. The summed E-state index contributed by atoms with van der Waals surface area (Å²) in [4.78, 5) is 12.2. The molecule has 0 aliphatic heterocycles. The van der Waals surface area contributed by atoms with Crippen molar-refractivity contribution in [1.29, 1.82) is 5.26 Å². The van der Waals surface area contributed by atoms with E-state index in [1.807, 2.05) is 13.0 Å². The Hall–Kier alpha value is -2.19. The van der Waals surface area contributed by atoms with Gasteiger partial charge in [0.15, 0.2) is 0 Å². The van der Waals surface area contributed by atoms with Crippen LogP contribution in [0.2, 0.25) is 15.1 Å². The topological polar surface area (TPSA) is 64.9 Å². The Morgan fingerprint density at radius 1 is 1.17 bits per heavy atom. The zero-order valence-corrected chi connectivity index (χ0v) is 14.8. The van der Waals surface area contributed by atoms with Crippen molar-refractivity contribution in [2.24, 2.45) is 0 Å². The van der Waals surface area contributed by atoms with Crippen LogP contribution in [0.25, 0.3) is 0 Å². The number of nitriles is 1. The summed E-state index contributed by atoms with van der Waals surface area (Å²) in [6.07, 6.45) is 1.25. The molecule has 2 aromatic rings. The fraction of sp³-hybridized carbons (Fsp3) is 0.0588. The predicted molar refractivity (Wildman–Crippen MR) is 98.6 cm³/mol. The number of anilines is 2. The molecule has 0 aromatic heterocycles. The summed E-state index contributed by atoms with van der Waals surface area (Å²) in [5.41, 5.74) is 1.64. The Balaban J connectivity index is 2.20. The average Bonchev–Trinajstić information content (AvgIpc) is 2.54. The largest absolute Gasteiger partial charge is 0.358 e. The zero-order valence-electron chi connectivity index (χ0n) is 12.5. The van der Waals surface area contributed by atoms with Crippen LogP contribution in [0.15, 0.2) is 48.2 Å². The second-order valence-electron chi connectivity index (χ2n) is 4.82. The highest BCUT2D eigenvalue weighted by Crippen LogP contribution is 2.30. The summed E-state index contributed by atoms with van der Waals surface area (Å²) in [5.74, 6) is -0.571. The molecule has 0 saturated heterocycles. The summed E-state index contributed by atoms with van der Waals surface area (Å²) < 4.78 is 0. The van der Waals surface area contributed by atoms with E-state index in [-0.39, 0.29) is 5.57 Å². The molecule has 0 aliphatic rings. The number of aryl methyl sites for hydroxylation is 1. The molecule has 2 rings (SSSR count). The van der Waals surface area contributed by atoms with Gasteiger partial charge in [0, 0.05) is 16.9 Å². The van der Waals surface area contributed by atoms with E-state index in [0.29, 0.717) is 26.4 Å². The summed E-state index contributed by atoms with van der Waals surface area (Å²) in [5, 5.41) is 15.9. The molecule has 2 aromatic carbocycles. The van der Waals surface area contributed by atoms with Crippen molar-refractivity contribution < 1.29 is 4.79 Å². The van der Waals surface area contributed by atoms with E-state index in [1.165, 1.54) is 6.20 Å². The molecule has 7 heteroatoms. The van der Waals surface area contributed by atoms with Crippen LogP contribution in [0, 0.1) is 18.3 Å². The molecule has 24 heavy (non-hydrogen) atoms. The number of nitrogens with zero attached hydrogens (tertiary/aromatic N) is 1. The van der Waals surface area contributed by atoms with Crippen molar-refractivity contribution in [2.75, 3.05) is 10.6 Å². The zero-order chi connectivity index (χ0) is 17.7. The van der Waals surface area contributed by atoms with Crippen LogP contribution in [-0.2, 0) is 4.79 Å². The van der Waals surface area contributed by atoms with Crippen LogP contribution < -0.4 is 10.6 Å². The lowest BCUT2D eigenvalue weighted by Gasteiger charge is -2.09. The number of halogens is 3. The molecule has 0 radical (unpaired) electrons. The van der Waals surface area contributed by atoms with Gasteiger partial charge in [0.1, 0.15) is 11.6 Å². The number of carbonyl (C=O) groups excluding carboxylic acids is 1. The Bertz CT molecular complexity index is 836. The van der Waals surface area contributed by atoms with Gasteiger partial charge in [0.2, 0.25) is 0 Å². The highest BCUT2D eigenvalue weighted by Gasteiger charge is 2.12. The molecule has 0 unspecified atom stereocenters. The summed E-state index contributed by atoms with van der Waals surface area (Å²) in [6, 6.07) is 11.9. The molecular weight excluding hydrogens is 369 g/mol. The minimum absolute atomic E-state index is 0.134. The predicted octanol–water partition coefficient (Wildman–Crippen LogP) is 5.41. The standard InChI is InChI=1S/C17H12Cl3N3O/c1-10-5-6-12(18)7-15(10)23-17(24)11(8-21)9-22-16-13(19)3-2-4-14(16)20/h2-7,9,22H,1H3,(H,23,24)/b11-9-. The van der Waals surface area contributed by atoms with Gasteiger partial charge in [0.05, 0.1) is 15.7 Å². The lowest BCUT2D eigenvalue weighted by Crippen LogP contribution is -2.15. The van der Waals surface area contributed by atoms with Gasteiger partial charge in [-0.1, -0.05) is 46.9 Å². The fourth-order valence-corrected chi connectivity index (χ4v) is 2.53. The van der Waals surface area contributed by atoms with Crippen LogP contribution in [0.1, 0.15) is 5.56 Å². The second-order valence-corrected chi connectivity index (χ2v) is 6.08. The van der Waals surface area contributed by atoms with Gasteiger partial charge in [-0.15, -0.1) is 0 Å².